The molecule has 0 aliphatic heterocycles. The number of rotatable bonds is 6. The average molecular weight is 267 g/mol. The summed E-state index contributed by atoms with van der Waals surface area (Å²) in [6, 6.07) is 10.9. The van der Waals surface area contributed by atoms with Crippen LogP contribution in [0.4, 0.5) is 0 Å². The third kappa shape index (κ3) is 2.44. The minimum atomic E-state index is 0.242. The standard InChI is InChI=1S/C17H21N3/c1-2-19-11-14-12-20(13-17(7-8-17)9-10-18)16-6-4-3-5-15(14)16/h3-6,12,19H,2,7-9,11,13H2,1H3. The molecule has 1 aromatic heterocycles. The second-order valence-corrected chi connectivity index (χ2v) is 5.91. The zero-order chi connectivity index (χ0) is 14.0. The average Bonchev–Trinajstić information content (AvgIpc) is 3.13. The molecule has 1 heterocycles. The SMILES string of the molecule is CCNCc1cn(CC2(CC#N)CC2)c2ccccc12. The number of nitrogens with one attached hydrogen (secondary N) is 1. The minimum Gasteiger partial charge on any atom is -0.347 e. The van der Waals surface area contributed by atoms with Crippen molar-refractivity contribution in [1.29, 1.82) is 5.26 Å². The maximum atomic E-state index is 8.99. The van der Waals surface area contributed by atoms with E-state index in [-0.39, 0.29) is 5.41 Å². The maximum Gasteiger partial charge on any atom is 0.0628 e. The Balaban J connectivity index is 1.93. The molecule has 1 aromatic carbocycles. The lowest BCUT2D eigenvalue weighted by Gasteiger charge is -2.13. The van der Waals surface area contributed by atoms with E-state index >= 15 is 0 Å². The van der Waals surface area contributed by atoms with Crippen molar-refractivity contribution >= 4 is 10.9 Å². The Morgan fingerprint density at radius 1 is 1.35 bits per heavy atom. The van der Waals surface area contributed by atoms with E-state index in [2.05, 4.69) is 53.3 Å². The lowest BCUT2D eigenvalue weighted by atomic mass is 10.0. The van der Waals surface area contributed by atoms with Crippen LogP contribution < -0.4 is 5.32 Å². The van der Waals surface area contributed by atoms with Gasteiger partial charge in [-0.15, -0.1) is 0 Å². The van der Waals surface area contributed by atoms with Crippen molar-refractivity contribution in [3.05, 3.63) is 36.0 Å². The van der Waals surface area contributed by atoms with Crippen LogP contribution in [0.25, 0.3) is 10.9 Å². The van der Waals surface area contributed by atoms with Crippen molar-refractivity contribution in [3.8, 4) is 6.07 Å². The maximum absolute atomic E-state index is 8.99. The minimum absolute atomic E-state index is 0.242. The Labute approximate surface area is 120 Å². The van der Waals surface area contributed by atoms with Crippen LogP contribution in [-0.2, 0) is 13.1 Å². The summed E-state index contributed by atoms with van der Waals surface area (Å²) in [5, 5.41) is 13.7. The Bertz CT molecular complexity index is 644. The van der Waals surface area contributed by atoms with Gasteiger partial charge in [0.25, 0.3) is 0 Å². The van der Waals surface area contributed by atoms with Crippen LogP contribution in [0.1, 0.15) is 31.7 Å². The van der Waals surface area contributed by atoms with Crippen molar-refractivity contribution in [2.75, 3.05) is 6.54 Å². The smallest absolute Gasteiger partial charge is 0.0628 e. The molecule has 104 valence electrons. The zero-order valence-electron chi connectivity index (χ0n) is 12.0. The summed E-state index contributed by atoms with van der Waals surface area (Å²) >= 11 is 0. The van der Waals surface area contributed by atoms with Gasteiger partial charge in [-0.2, -0.15) is 5.26 Å². The van der Waals surface area contributed by atoms with Crippen LogP contribution in [0, 0.1) is 16.7 Å². The van der Waals surface area contributed by atoms with Gasteiger partial charge in [-0.25, -0.2) is 0 Å². The highest BCUT2D eigenvalue weighted by atomic mass is 15.0. The fraction of sp³-hybridized carbons (Fsp3) is 0.471. The molecule has 3 heteroatoms. The van der Waals surface area contributed by atoms with Crippen molar-refractivity contribution < 1.29 is 0 Å². The summed E-state index contributed by atoms with van der Waals surface area (Å²) in [6.45, 7) is 5.01. The monoisotopic (exact) mass is 267 g/mol. The van der Waals surface area contributed by atoms with Crippen LogP contribution in [0.5, 0.6) is 0 Å². The molecule has 3 rings (SSSR count). The van der Waals surface area contributed by atoms with E-state index in [1.165, 1.54) is 29.3 Å². The van der Waals surface area contributed by atoms with Crippen LogP contribution >= 0.6 is 0 Å². The summed E-state index contributed by atoms with van der Waals surface area (Å²) in [6.07, 6.45) is 5.33. The molecule has 0 amide bonds. The molecular weight excluding hydrogens is 246 g/mol. The molecule has 2 aromatic rings. The molecule has 0 unspecified atom stereocenters. The fourth-order valence-corrected chi connectivity index (χ4v) is 2.95. The number of hydrogen-bond donors (Lipinski definition) is 1. The Morgan fingerprint density at radius 3 is 2.85 bits per heavy atom. The Hall–Kier alpha value is -1.79. The van der Waals surface area contributed by atoms with Gasteiger partial charge in [0, 0.05) is 42.0 Å². The van der Waals surface area contributed by atoms with Gasteiger partial charge in [-0.1, -0.05) is 25.1 Å². The van der Waals surface area contributed by atoms with Gasteiger partial charge in [0.1, 0.15) is 0 Å². The predicted molar refractivity (Wildman–Crippen MR) is 81.2 cm³/mol. The molecule has 0 saturated heterocycles. The summed E-state index contributed by atoms with van der Waals surface area (Å²) in [7, 11) is 0. The third-order valence-electron chi connectivity index (χ3n) is 4.35. The van der Waals surface area contributed by atoms with Crippen LogP contribution in [0.3, 0.4) is 0 Å². The summed E-state index contributed by atoms with van der Waals surface area (Å²) in [5.74, 6) is 0. The molecule has 0 radical (unpaired) electrons. The predicted octanol–water partition coefficient (Wildman–Crippen LogP) is 3.44. The normalized spacial score (nSPS) is 16.2. The van der Waals surface area contributed by atoms with Gasteiger partial charge in [0.05, 0.1) is 6.07 Å². The van der Waals surface area contributed by atoms with Gasteiger partial charge >= 0.3 is 0 Å². The second-order valence-electron chi connectivity index (χ2n) is 5.91. The Kier molecular flexibility index (Phi) is 3.50. The molecular formula is C17H21N3. The first-order valence-electron chi connectivity index (χ1n) is 7.42. The van der Waals surface area contributed by atoms with Gasteiger partial charge in [0.2, 0.25) is 0 Å². The third-order valence-corrected chi connectivity index (χ3v) is 4.35. The molecule has 0 spiro atoms. The van der Waals surface area contributed by atoms with Gasteiger partial charge < -0.3 is 9.88 Å². The number of benzene rings is 1. The highest BCUT2D eigenvalue weighted by Crippen LogP contribution is 2.50. The molecule has 1 fully saturated rings. The zero-order valence-corrected chi connectivity index (χ0v) is 12.0. The molecule has 20 heavy (non-hydrogen) atoms. The fourth-order valence-electron chi connectivity index (χ4n) is 2.95. The molecule has 1 saturated carbocycles. The topological polar surface area (TPSA) is 40.8 Å². The van der Waals surface area contributed by atoms with E-state index in [0.717, 1.165) is 19.6 Å². The van der Waals surface area contributed by atoms with Gasteiger partial charge in [-0.05, 0) is 31.0 Å². The van der Waals surface area contributed by atoms with Crippen molar-refractivity contribution in [2.45, 2.75) is 39.3 Å². The lowest BCUT2D eigenvalue weighted by molar-refractivity contribution is 0.439. The number of hydrogen-bond acceptors (Lipinski definition) is 2. The van der Waals surface area contributed by atoms with E-state index in [0.29, 0.717) is 6.42 Å². The van der Waals surface area contributed by atoms with E-state index in [9.17, 15) is 0 Å². The second kappa shape index (κ2) is 5.30. The number of para-hydroxylation sites is 1. The molecule has 1 aliphatic rings. The van der Waals surface area contributed by atoms with E-state index < -0.39 is 0 Å². The highest BCUT2D eigenvalue weighted by Gasteiger charge is 2.42. The van der Waals surface area contributed by atoms with Crippen LogP contribution in [-0.4, -0.2) is 11.1 Å². The number of aromatic nitrogens is 1. The first-order valence-corrected chi connectivity index (χ1v) is 7.42. The summed E-state index contributed by atoms with van der Waals surface area (Å²) in [5.41, 5.74) is 2.89. The summed E-state index contributed by atoms with van der Waals surface area (Å²) in [4.78, 5) is 0. The van der Waals surface area contributed by atoms with Crippen molar-refractivity contribution in [2.24, 2.45) is 5.41 Å². The van der Waals surface area contributed by atoms with Crippen molar-refractivity contribution in [3.63, 3.8) is 0 Å². The quantitative estimate of drug-likeness (QED) is 0.871. The number of nitrogens with zero attached hydrogens (tertiary/aromatic N) is 2. The largest absolute Gasteiger partial charge is 0.347 e. The van der Waals surface area contributed by atoms with Gasteiger partial charge in [0.15, 0.2) is 0 Å². The van der Waals surface area contributed by atoms with Crippen LogP contribution in [0.15, 0.2) is 30.5 Å². The lowest BCUT2D eigenvalue weighted by Crippen LogP contribution is -2.12. The Morgan fingerprint density at radius 2 is 2.15 bits per heavy atom. The molecule has 0 atom stereocenters. The number of fused-ring (bicyclic) bond motifs is 1. The summed E-state index contributed by atoms with van der Waals surface area (Å²) < 4.78 is 2.35. The van der Waals surface area contributed by atoms with E-state index in [4.69, 9.17) is 5.26 Å². The van der Waals surface area contributed by atoms with Gasteiger partial charge in [-0.3, -0.25) is 0 Å². The molecule has 3 nitrogen and oxygen atoms in total. The van der Waals surface area contributed by atoms with Crippen LogP contribution in [0.2, 0.25) is 0 Å². The van der Waals surface area contributed by atoms with Crippen molar-refractivity contribution in [1.82, 2.24) is 9.88 Å². The highest BCUT2D eigenvalue weighted by molar-refractivity contribution is 5.84. The molecule has 1 aliphatic carbocycles. The van der Waals surface area contributed by atoms with E-state index in [1.54, 1.807) is 0 Å². The first-order chi connectivity index (χ1) is 9.78. The molecule has 0 bridgehead atoms. The molecule has 1 N–H and O–H groups in total. The number of nitriles is 1. The van der Waals surface area contributed by atoms with E-state index in [1.807, 2.05) is 0 Å². The first kappa shape index (κ1) is 13.2.